The summed E-state index contributed by atoms with van der Waals surface area (Å²) in [4.78, 5) is 1.16. The van der Waals surface area contributed by atoms with Crippen LogP contribution in [0.3, 0.4) is 0 Å². The highest BCUT2D eigenvalue weighted by Gasteiger charge is 2.08. The van der Waals surface area contributed by atoms with Crippen LogP contribution in [-0.4, -0.2) is 0 Å². The van der Waals surface area contributed by atoms with E-state index in [-0.39, 0.29) is 0 Å². The quantitative estimate of drug-likeness (QED) is 0.829. The Bertz CT molecular complexity index is 589. The average molecular weight is 322 g/mol. The maximum absolute atomic E-state index is 8.90. The van der Waals surface area contributed by atoms with E-state index < -0.39 is 0 Å². The van der Waals surface area contributed by atoms with E-state index in [0.29, 0.717) is 12.2 Å². The maximum atomic E-state index is 8.90. The highest BCUT2D eigenvalue weighted by atomic mass is 79.9. The van der Waals surface area contributed by atoms with Crippen molar-refractivity contribution in [3.8, 4) is 11.8 Å². The SMILES string of the molecule is Cc1cc(C#N)cc(C)c1OCc1sccc1Br. The Morgan fingerprint density at radius 2 is 2.00 bits per heavy atom. The van der Waals surface area contributed by atoms with Gasteiger partial charge in [0.15, 0.2) is 0 Å². The van der Waals surface area contributed by atoms with Gasteiger partial charge in [-0.3, -0.25) is 0 Å². The Hall–Kier alpha value is -1.31. The van der Waals surface area contributed by atoms with E-state index in [1.165, 1.54) is 0 Å². The molecular formula is C14H12BrNOS. The molecule has 0 saturated heterocycles. The molecule has 92 valence electrons. The number of rotatable bonds is 3. The van der Waals surface area contributed by atoms with E-state index in [1.807, 2.05) is 37.4 Å². The summed E-state index contributed by atoms with van der Waals surface area (Å²) in [6.45, 7) is 4.48. The Balaban J connectivity index is 2.20. The van der Waals surface area contributed by atoms with E-state index in [2.05, 4.69) is 22.0 Å². The van der Waals surface area contributed by atoms with Gasteiger partial charge < -0.3 is 4.74 Å². The monoisotopic (exact) mass is 321 g/mol. The fraction of sp³-hybridized carbons (Fsp3) is 0.214. The van der Waals surface area contributed by atoms with Crippen molar-refractivity contribution in [3.63, 3.8) is 0 Å². The zero-order valence-electron chi connectivity index (χ0n) is 10.2. The van der Waals surface area contributed by atoms with Crippen LogP contribution in [0.4, 0.5) is 0 Å². The first-order chi connectivity index (χ1) is 8.61. The van der Waals surface area contributed by atoms with Gasteiger partial charge in [0.25, 0.3) is 0 Å². The molecule has 2 aromatic rings. The number of thiophene rings is 1. The van der Waals surface area contributed by atoms with Crippen LogP contribution in [0, 0.1) is 25.2 Å². The van der Waals surface area contributed by atoms with E-state index >= 15 is 0 Å². The van der Waals surface area contributed by atoms with Gasteiger partial charge in [-0.25, -0.2) is 0 Å². The lowest BCUT2D eigenvalue weighted by atomic mass is 10.1. The lowest BCUT2D eigenvalue weighted by Crippen LogP contribution is -1.98. The molecule has 18 heavy (non-hydrogen) atoms. The van der Waals surface area contributed by atoms with Crippen LogP contribution < -0.4 is 4.74 Å². The van der Waals surface area contributed by atoms with Gasteiger partial charge in [-0.15, -0.1) is 11.3 Å². The minimum atomic E-state index is 0.547. The zero-order valence-corrected chi connectivity index (χ0v) is 12.6. The molecule has 2 rings (SSSR count). The number of benzene rings is 1. The van der Waals surface area contributed by atoms with Crippen molar-refractivity contribution in [1.29, 1.82) is 5.26 Å². The van der Waals surface area contributed by atoms with Crippen LogP contribution in [-0.2, 0) is 6.61 Å². The van der Waals surface area contributed by atoms with Crippen LogP contribution in [0.5, 0.6) is 5.75 Å². The molecule has 1 aromatic carbocycles. The number of hydrogen-bond acceptors (Lipinski definition) is 3. The second-order valence-corrected chi connectivity index (χ2v) is 5.89. The van der Waals surface area contributed by atoms with Crippen LogP contribution in [0.25, 0.3) is 0 Å². The molecule has 0 radical (unpaired) electrons. The smallest absolute Gasteiger partial charge is 0.125 e. The van der Waals surface area contributed by atoms with Gasteiger partial charge in [0.2, 0.25) is 0 Å². The molecule has 0 saturated carbocycles. The second kappa shape index (κ2) is 5.55. The summed E-state index contributed by atoms with van der Waals surface area (Å²) >= 11 is 5.15. The molecule has 0 amide bonds. The summed E-state index contributed by atoms with van der Waals surface area (Å²) in [5, 5.41) is 10.9. The highest BCUT2D eigenvalue weighted by Crippen LogP contribution is 2.28. The van der Waals surface area contributed by atoms with Crippen LogP contribution in [0.15, 0.2) is 28.1 Å². The predicted molar refractivity (Wildman–Crippen MR) is 77.0 cm³/mol. The maximum Gasteiger partial charge on any atom is 0.125 e. The molecule has 1 heterocycles. The second-order valence-electron chi connectivity index (χ2n) is 4.03. The summed E-state index contributed by atoms with van der Waals surface area (Å²) in [6.07, 6.45) is 0. The van der Waals surface area contributed by atoms with Crippen molar-refractivity contribution in [1.82, 2.24) is 0 Å². The molecule has 0 fully saturated rings. The number of nitrogens with zero attached hydrogens (tertiary/aromatic N) is 1. The molecule has 2 nitrogen and oxygen atoms in total. The normalized spacial score (nSPS) is 10.1. The van der Waals surface area contributed by atoms with Crippen molar-refractivity contribution in [3.05, 3.63) is 49.6 Å². The van der Waals surface area contributed by atoms with Crippen molar-refractivity contribution in [2.24, 2.45) is 0 Å². The van der Waals surface area contributed by atoms with E-state index in [1.54, 1.807) is 11.3 Å². The van der Waals surface area contributed by atoms with Gasteiger partial charge in [0, 0.05) is 4.47 Å². The predicted octanol–water partition coefficient (Wildman–Crippen LogP) is 4.58. The first-order valence-electron chi connectivity index (χ1n) is 5.48. The lowest BCUT2D eigenvalue weighted by Gasteiger charge is -2.12. The van der Waals surface area contributed by atoms with Gasteiger partial charge in [-0.1, -0.05) is 0 Å². The molecule has 0 atom stereocenters. The zero-order chi connectivity index (χ0) is 13.1. The number of nitriles is 1. The van der Waals surface area contributed by atoms with Crippen molar-refractivity contribution < 1.29 is 4.74 Å². The highest BCUT2D eigenvalue weighted by molar-refractivity contribution is 9.10. The first-order valence-corrected chi connectivity index (χ1v) is 7.15. The molecule has 4 heteroatoms. The summed E-state index contributed by atoms with van der Waals surface area (Å²) in [5.74, 6) is 0.870. The van der Waals surface area contributed by atoms with Gasteiger partial charge in [-0.2, -0.15) is 5.26 Å². The van der Waals surface area contributed by atoms with Crippen molar-refractivity contribution >= 4 is 27.3 Å². The fourth-order valence-corrected chi connectivity index (χ4v) is 3.19. The number of halogens is 1. The minimum absolute atomic E-state index is 0.547. The topological polar surface area (TPSA) is 33.0 Å². The van der Waals surface area contributed by atoms with Crippen LogP contribution in [0.1, 0.15) is 21.6 Å². The molecule has 1 aromatic heterocycles. The van der Waals surface area contributed by atoms with E-state index in [4.69, 9.17) is 10.00 Å². The van der Waals surface area contributed by atoms with E-state index in [0.717, 1.165) is 26.2 Å². The molecule has 0 spiro atoms. The van der Waals surface area contributed by atoms with Crippen LogP contribution in [0.2, 0.25) is 0 Å². The minimum Gasteiger partial charge on any atom is -0.487 e. The Morgan fingerprint density at radius 1 is 1.33 bits per heavy atom. The summed E-state index contributed by atoms with van der Waals surface area (Å²) < 4.78 is 6.94. The third-order valence-corrected chi connectivity index (χ3v) is 4.53. The third-order valence-electron chi connectivity index (χ3n) is 2.63. The third kappa shape index (κ3) is 2.74. The van der Waals surface area contributed by atoms with Gasteiger partial charge in [0.05, 0.1) is 16.5 Å². The van der Waals surface area contributed by atoms with Crippen molar-refractivity contribution in [2.45, 2.75) is 20.5 Å². The number of hydrogen-bond donors (Lipinski definition) is 0. The van der Waals surface area contributed by atoms with Crippen molar-refractivity contribution in [2.75, 3.05) is 0 Å². The standard InChI is InChI=1S/C14H12BrNOS/c1-9-5-11(7-16)6-10(2)14(9)17-8-13-12(15)3-4-18-13/h3-6H,8H2,1-2H3. The molecule has 0 aliphatic rings. The molecule has 0 N–H and O–H groups in total. The number of aryl methyl sites for hydroxylation is 2. The largest absolute Gasteiger partial charge is 0.487 e. The molecule has 0 bridgehead atoms. The molecule has 0 aliphatic carbocycles. The Kier molecular flexibility index (Phi) is 4.05. The van der Waals surface area contributed by atoms with Crippen LogP contribution >= 0.6 is 27.3 Å². The molecular weight excluding hydrogens is 310 g/mol. The Labute approximate surface area is 119 Å². The first kappa shape index (κ1) is 13.1. The average Bonchev–Trinajstić information content (AvgIpc) is 2.73. The summed E-state index contributed by atoms with van der Waals surface area (Å²) in [5.41, 5.74) is 2.67. The Morgan fingerprint density at radius 3 is 2.50 bits per heavy atom. The molecule has 0 aliphatic heterocycles. The summed E-state index contributed by atoms with van der Waals surface area (Å²) in [7, 11) is 0. The molecule has 0 unspecified atom stereocenters. The van der Waals surface area contributed by atoms with Gasteiger partial charge in [0.1, 0.15) is 12.4 Å². The fourth-order valence-electron chi connectivity index (χ4n) is 1.81. The van der Waals surface area contributed by atoms with E-state index in [9.17, 15) is 0 Å². The van der Waals surface area contributed by atoms with Gasteiger partial charge in [-0.05, 0) is 64.5 Å². The summed E-state index contributed by atoms with van der Waals surface area (Å²) in [6, 6.07) is 7.88. The van der Waals surface area contributed by atoms with Gasteiger partial charge >= 0.3 is 0 Å². The number of ether oxygens (including phenoxy) is 1. The lowest BCUT2D eigenvalue weighted by molar-refractivity contribution is 0.305.